The van der Waals surface area contributed by atoms with Crippen LogP contribution in [0.3, 0.4) is 0 Å². The van der Waals surface area contributed by atoms with Gasteiger partial charge < -0.3 is 9.88 Å². The molecule has 0 bridgehead atoms. The van der Waals surface area contributed by atoms with Gasteiger partial charge in [0.25, 0.3) is 11.5 Å². The molecule has 6 aromatic heterocycles. The zero-order valence-electron chi connectivity index (χ0n) is 21.8. The van der Waals surface area contributed by atoms with Gasteiger partial charge in [-0.15, -0.1) is 22.7 Å². The minimum absolute atomic E-state index is 0.191. The first kappa shape index (κ1) is 27.5. The fourth-order valence-corrected chi connectivity index (χ4v) is 6.01. The van der Waals surface area contributed by atoms with Crippen LogP contribution in [-0.2, 0) is 13.1 Å². The maximum atomic E-state index is 13.8. The van der Waals surface area contributed by atoms with Crippen molar-refractivity contribution in [1.82, 2.24) is 24.3 Å². The van der Waals surface area contributed by atoms with Crippen LogP contribution in [0.2, 0.25) is 4.34 Å². The van der Waals surface area contributed by atoms with Crippen molar-refractivity contribution < 1.29 is 9.59 Å². The quantitative estimate of drug-likeness (QED) is 0.196. The Bertz CT molecular complexity index is 1930. The molecular weight excluding hydrogens is 592 g/mol. The summed E-state index contributed by atoms with van der Waals surface area (Å²) in [6.07, 6.45) is 8.03. The first-order valence-corrected chi connectivity index (χ1v) is 14.8. The normalized spacial score (nSPS) is 11.0. The van der Waals surface area contributed by atoms with Crippen molar-refractivity contribution in [3.63, 3.8) is 0 Å². The Morgan fingerprint density at radius 1 is 0.952 bits per heavy atom. The molecule has 12 heteroatoms. The molecule has 0 saturated heterocycles. The molecule has 0 atom stereocenters. The van der Waals surface area contributed by atoms with Crippen LogP contribution >= 0.6 is 34.3 Å². The van der Waals surface area contributed by atoms with E-state index in [2.05, 4.69) is 20.4 Å². The van der Waals surface area contributed by atoms with Gasteiger partial charge in [-0.2, -0.15) is 9.78 Å². The summed E-state index contributed by atoms with van der Waals surface area (Å²) in [5.41, 5.74) is 1.96. The Morgan fingerprint density at radius 2 is 1.81 bits per heavy atom. The van der Waals surface area contributed by atoms with Crippen molar-refractivity contribution in [3.8, 4) is 22.4 Å². The van der Waals surface area contributed by atoms with Crippen molar-refractivity contribution in [2.24, 2.45) is 0 Å². The number of anilines is 1. The number of carbonyl (C=O) groups excluding carboxylic acids is 2. The molecule has 0 saturated carbocycles. The molecular formula is C30H21ClN6O3S2. The van der Waals surface area contributed by atoms with E-state index >= 15 is 0 Å². The number of Topliss-reactive ketones (excluding diaryl/α,β-unsaturated/α-hetero) is 1. The van der Waals surface area contributed by atoms with Crippen LogP contribution in [0.25, 0.3) is 22.4 Å². The summed E-state index contributed by atoms with van der Waals surface area (Å²) in [7, 11) is 0. The molecule has 0 aliphatic carbocycles. The number of aromatic nitrogens is 5. The molecule has 0 fully saturated rings. The van der Waals surface area contributed by atoms with Gasteiger partial charge in [-0.1, -0.05) is 23.7 Å². The number of hydrogen-bond donors (Lipinski definition) is 1. The van der Waals surface area contributed by atoms with Gasteiger partial charge in [0.15, 0.2) is 5.78 Å². The summed E-state index contributed by atoms with van der Waals surface area (Å²) in [5, 5.41) is 9.68. The maximum Gasteiger partial charge on any atom is 0.290 e. The van der Waals surface area contributed by atoms with E-state index in [0.29, 0.717) is 32.7 Å². The van der Waals surface area contributed by atoms with Crippen LogP contribution in [0, 0.1) is 0 Å². The second-order valence-corrected chi connectivity index (χ2v) is 11.9. The Morgan fingerprint density at radius 3 is 2.52 bits per heavy atom. The number of pyridine rings is 3. The van der Waals surface area contributed by atoms with Gasteiger partial charge in [-0.3, -0.25) is 24.4 Å². The number of nitrogens with zero attached hydrogens (tertiary/aromatic N) is 5. The van der Waals surface area contributed by atoms with Gasteiger partial charge in [0.2, 0.25) is 0 Å². The Balaban J connectivity index is 1.45. The third-order valence-corrected chi connectivity index (χ3v) is 8.47. The van der Waals surface area contributed by atoms with Crippen molar-refractivity contribution >= 4 is 51.8 Å². The summed E-state index contributed by atoms with van der Waals surface area (Å²) >= 11 is 8.82. The van der Waals surface area contributed by atoms with Crippen LogP contribution in [0.4, 0.5) is 5.82 Å². The third kappa shape index (κ3) is 5.84. The molecule has 6 rings (SSSR count). The van der Waals surface area contributed by atoms with E-state index in [9.17, 15) is 14.4 Å². The summed E-state index contributed by atoms with van der Waals surface area (Å²) in [5.74, 6) is -0.165. The number of hydrogen-bond acceptors (Lipinski definition) is 9. The van der Waals surface area contributed by atoms with Gasteiger partial charge in [-0.05, 0) is 47.8 Å². The van der Waals surface area contributed by atoms with E-state index in [1.54, 1.807) is 61.1 Å². The Hall–Kier alpha value is -4.71. The van der Waals surface area contributed by atoms with E-state index in [1.165, 1.54) is 44.3 Å². The molecule has 0 spiro atoms. The average Bonchev–Trinajstić information content (AvgIpc) is 3.79. The summed E-state index contributed by atoms with van der Waals surface area (Å²) < 4.78 is 3.28. The van der Waals surface area contributed by atoms with Crippen molar-refractivity contribution in [3.05, 3.63) is 127 Å². The SMILES string of the molecule is O=C(Cn1cc(-c2cccnc2)cc(-c2cc(NCc3ccc(Cl)s3)n(C(=O)c3cccs3)n2)c1=O)c1ccncc1. The maximum absolute atomic E-state index is 13.8. The molecule has 208 valence electrons. The number of nitrogens with one attached hydrogen (secondary N) is 1. The average molecular weight is 613 g/mol. The number of rotatable bonds is 9. The third-order valence-electron chi connectivity index (χ3n) is 6.38. The minimum atomic E-state index is -0.421. The molecule has 1 N–H and O–H groups in total. The van der Waals surface area contributed by atoms with Crippen LogP contribution in [0.15, 0.2) is 102 Å². The van der Waals surface area contributed by atoms with E-state index in [0.717, 1.165) is 10.4 Å². The lowest BCUT2D eigenvalue weighted by atomic mass is 10.1. The molecule has 0 aromatic carbocycles. The Kier molecular flexibility index (Phi) is 7.87. The van der Waals surface area contributed by atoms with Crippen LogP contribution in [0.5, 0.6) is 0 Å². The standard InChI is InChI=1S/C30H21ClN6O3S2/c31-27-6-5-22(42-27)16-34-28-14-24(35-37(28)30(40)26-4-2-12-41-26)23-13-21(20-3-1-9-33-15-20)17-36(29(23)39)18-25(38)19-7-10-32-11-8-19/h1-15,17,34H,16,18H2. The minimum Gasteiger partial charge on any atom is -0.365 e. The van der Waals surface area contributed by atoms with Crippen molar-refractivity contribution in [2.45, 2.75) is 13.1 Å². The first-order valence-electron chi connectivity index (χ1n) is 12.7. The van der Waals surface area contributed by atoms with E-state index in [-0.39, 0.29) is 29.5 Å². The molecule has 0 aliphatic heterocycles. The zero-order valence-corrected chi connectivity index (χ0v) is 24.2. The predicted octanol–water partition coefficient (Wildman–Crippen LogP) is 6.13. The fraction of sp³-hybridized carbons (Fsp3) is 0.0667. The highest BCUT2D eigenvalue weighted by Crippen LogP contribution is 2.27. The lowest BCUT2D eigenvalue weighted by molar-refractivity contribution is 0.0949. The number of halogens is 1. The second-order valence-electron chi connectivity index (χ2n) is 9.14. The molecule has 42 heavy (non-hydrogen) atoms. The van der Waals surface area contributed by atoms with Crippen molar-refractivity contribution in [2.75, 3.05) is 5.32 Å². The molecule has 6 heterocycles. The highest BCUT2D eigenvalue weighted by Gasteiger charge is 2.21. The molecule has 6 aromatic rings. The predicted molar refractivity (Wildman–Crippen MR) is 164 cm³/mol. The van der Waals surface area contributed by atoms with Crippen LogP contribution < -0.4 is 10.9 Å². The van der Waals surface area contributed by atoms with Crippen LogP contribution in [0.1, 0.15) is 24.9 Å². The molecule has 0 radical (unpaired) electrons. The number of thiophene rings is 2. The zero-order chi connectivity index (χ0) is 29.1. The van der Waals surface area contributed by atoms with Gasteiger partial charge in [0.1, 0.15) is 11.5 Å². The number of carbonyl (C=O) groups is 2. The monoisotopic (exact) mass is 612 g/mol. The summed E-state index contributed by atoms with van der Waals surface area (Å²) in [6, 6.07) is 17.5. The molecule has 0 amide bonds. The highest BCUT2D eigenvalue weighted by atomic mass is 35.5. The van der Waals surface area contributed by atoms with Gasteiger partial charge >= 0.3 is 0 Å². The molecule has 9 nitrogen and oxygen atoms in total. The summed E-state index contributed by atoms with van der Waals surface area (Å²) in [4.78, 5) is 50.0. The first-order chi connectivity index (χ1) is 20.5. The topological polar surface area (TPSA) is 112 Å². The van der Waals surface area contributed by atoms with E-state index in [1.807, 2.05) is 23.6 Å². The lowest BCUT2D eigenvalue weighted by Gasteiger charge is -2.11. The van der Waals surface area contributed by atoms with Crippen molar-refractivity contribution in [1.29, 1.82) is 0 Å². The van der Waals surface area contributed by atoms with Crippen LogP contribution in [-0.4, -0.2) is 36.0 Å². The van der Waals surface area contributed by atoms with Gasteiger partial charge in [0, 0.05) is 58.6 Å². The van der Waals surface area contributed by atoms with E-state index in [4.69, 9.17) is 11.6 Å². The van der Waals surface area contributed by atoms with E-state index < -0.39 is 5.56 Å². The second kappa shape index (κ2) is 12.0. The molecule has 0 unspecified atom stereocenters. The van der Waals surface area contributed by atoms with Gasteiger partial charge in [0.05, 0.1) is 27.9 Å². The lowest BCUT2D eigenvalue weighted by Crippen LogP contribution is -2.25. The number of ketones is 1. The summed E-state index contributed by atoms with van der Waals surface area (Å²) in [6.45, 7) is 0.212. The van der Waals surface area contributed by atoms with Gasteiger partial charge in [-0.25, -0.2) is 0 Å². The molecule has 0 aliphatic rings. The highest BCUT2D eigenvalue weighted by molar-refractivity contribution is 7.16. The smallest absolute Gasteiger partial charge is 0.290 e. The Labute approximate surface area is 252 Å². The largest absolute Gasteiger partial charge is 0.365 e. The fourth-order valence-electron chi connectivity index (χ4n) is 4.33.